The maximum absolute atomic E-state index is 13.9. The summed E-state index contributed by atoms with van der Waals surface area (Å²) < 4.78 is 19.1. The number of rotatable bonds is 4. The Balaban J connectivity index is 1.59. The van der Waals surface area contributed by atoms with E-state index in [0.717, 1.165) is 17.7 Å². The number of nitrogens with zero attached hydrogens (tertiary/aromatic N) is 2. The van der Waals surface area contributed by atoms with Gasteiger partial charge in [0.2, 0.25) is 11.8 Å². The van der Waals surface area contributed by atoms with Gasteiger partial charge in [0.25, 0.3) is 0 Å². The van der Waals surface area contributed by atoms with Crippen molar-refractivity contribution in [2.45, 2.75) is 56.4 Å². The lowest BCUT2D eigenvalue weighted by molar-refractivity contribution is -0.121. The molecule has 134 valence electrons. The lowest BCUT2D eigenvalue weighted by Crippen LogP contribution is -2.31. The maximum atomic E-state index is 13.9. The van der Waals surface area contributed by atoms with E-state index in [9.17, 15) is 9.18 Å². The summed E-state index contributed by atoms with van der Waals surface area (Å²) in [6.07, 6.45) is 1.45. The van der Waals surface area contributed by atoms with E-state index in [1.807, 2.05) is 26.8 Å². The highest BCUT2D eigenvalue weighted by Crippen LogP contribution is 2.37. The van der Waals surface area contributed by atoms with Crippen LogP contribution < -0.4 is 5.32 Å². The Morgan fingerprint density at radius 3 is 2.96 bits per heavy atom. The normalized spacial score (nSPS) is 17.2. The van der Waals surface area contributed by atoms with Crippen molar-refractivity contribution in [1.82, 2.24) is 15.5 Å². The van der Waals surface area contributed by atoms with Gasteiger partial charge < -0.3 is 9.84 Å². The summed E-state index contributed by atoms with van der Waals surface area (Å²) in [5.41, 5.74) is 0.676. The van der Waals surface area contributed by atoms with Crippen LogP contribution in [0, 0.1) is 5.82 Å². The molecule has 1 atom stereocenters. The molecule has 0 aliphatic carbocycles. The molecular weight excluding hydrogens is 341 g/mol. The maximum Gasteiger partial charge on any atom is 0.227 e. The fourth-order valence-electron chi connectivity index (χ4n) is 2.68. The van der Waals surface area contributed by atoms with Crippen LogP contribution in [0.25, 0.3) is 0 Å². The van der Waals surface area contributed by atoms with E-state index in [4.69, 9.17) is 4.52 Å². The third-order valence-corrected chi connectivity index (χ3v) is 5.23. The Morgan fingerprint density at radius 2 is 2.24 bits per heavy atom. The molecule has 5 nitrogen and oxygen atoms in total. The highest BCUT2D eigenvalue weighted by atomic mass is 32.2. The van der Waals surface area contributed by atoms with E-state index < -0.39 is 0 Å². The van der Waals surface area contributed by atoms with Crippen LogP contribution >= 0.6 is 11.8 Å². The van der Waals surface area contributed by atoms with Gasteiger partial charge in [-0.2, -0.15) is 4.98 Å². The third kappa shape index (κ3) is 4.21. The highest BCUT2D eigenvalue weighted by Gasteiger charge is 2.25. The summed E-state index contributed by atoms with van der Waals surface area (Å²) in [5, 5.41) is 6.96. The second-order valence-electron chi connectivity index (χ2n) is 7.18. The summed E-state index contributed by atoms with van der Waals surface area (Å²) >= 11 is 1.50. The highest BCUT2D eigenvalue weighted by molar-refractivity contribution is 7.99. The molecular formula is C18H22FN3O2S. The van der Waals surface area contributed by atoms with Crippen LogP contribution in [-0.4, -0.2) is 21.8 Å². The van der Waals surface area contributed by atoms with Gasteiger partial charge in [-0.3, -0.25) is 4.79 Å². The Bertz CT molecular complexity index is 770. The first-order chi connectivity index (χ1) is 11.8. The smallest absolute Gasteiger partial charge is 0.227 e. The molecule has 1 aliphatic heterocycles. The van der Waals surface area contributed by atoms with Gasteiger partial charge in [0.1, 0.15) is 5.82 Å². The van der Waals surface area contributed by atoms with E-state index >= 15 is 0 Å². The van der Waals surface area contributed by atoms with E-state index in [1.54, 1.807) is 6.07 Å². The molecule has 1 unspecified atom stereocenters. The second-order valence-corrected chi connectivity index (χ2v) is 8.28. The van der Waals surface area contributed by atoms with Crippen molar-refractivity contribution in [3.8, 4) is 0 Å². The average Bonchev–Trinajstić information content (AvgIpc) is 3.03. The number of carbonyl (C=O) groups is 1. The summed E-state index contributed by atoms with van der Waals surface area (Å²) in [4.78, 5) is 17.3. The number of thioether (sulfide) groups is 1. The van der Waals surface area contributed by atoms with Crippen LogP contribution in [0.5, 0.6) is 0 Å². The minimum Gasteiger partial charge on any atom is -0.349 e. The zero-order valence-electron chi connectivity index (χ0n) is 14.6. The molecule has 0 spiro atoms. The molecule has 3 rings (SSSR count). The molecule has 2 aromatic rings. The lowest BCUT2D eigenvalue weighted by atomic mass is 9.96. The first-order valence-electron chi connectivity index (χ1n) is 8.38. The molecule has 0 bridgehead atoms. The molecule has 1 aliphatic rings. The fraction of sp³-hybridized carbons (Fsp3) is 0.500. The standard InChI is InChI=1S/C18H22FN3O2S/c1-18(2,3)17-21-15(24-22-17)8-7-14(23)20-13-9-10-25-16-11(13)5-4-6-12(16)19/h4-6,13H,7-10H2,1-3H3,(H,20,23). The van der Waals surface area contributed by atoms with E-state index in [2.05, 4.69) is 15.5 Å². The predicted octanol–water partition coefficient (Wildman–Crippen LogP) is 3.79. The van der Waals surface area contributed by atoms with Crippen molar-refractivity contribution < 1.29 is 13.7 Å². The van der Waals surface area contributed by atoms with Crippen molar-refractivity contribution in [2.24, 2.45) is 0 Å². The summed E-state index contributed by atoms with van der Waals surface area (Å²) in [5.74, 6) is 1.57. The van der Waals surface area contributed by atoms with Crippen LogP contribution in [0.1, 0.15) is 56.9 Å². The van der Waals surface area contributed by atoms with Crippen molar-refractivity contribution in [3.05, 3.63) is 41.3 Å². The SMILES string of the molecule is CC(C)(C)c1noc(CCC(=O)NC2CCSc3c(F)cccc32)n1. The van der Waals surface area contributed by atoms with Gasteiger partial charge in [0.15, 0.2) is 5.82 Å². The summed E-state index contributed by atoms with van der Waals surface area (Å²) in [6.45, 7) is 6.02. The molecule has 25 heavy (non-hydrogen) atoms. The van der Waals surface area contributed by atoms with E-state index in [1.165, 1.54) is 17.8 Å². The second kappa shape index (κ2) is 7.15. The number of carbonyl (C=O) groups excluding carboxylic acids is 1. The van der Waals surface area contributed by atoms with Gasteiger partial charge in [0, 0.05) is 28.9 Å². The first kappa shape index (κ1) is 17.9. The average molecular weight is 363 g/mol. The molecule has 1 aromatic heterocycles. The molecule has 1 aromatic carbocycles. The number of aryl methyl sites for hydroxylation is 1. The van der Waals surface area contributed by atoms with Crippen molar-refractivity contribution in [3.63, 3.8) is 0 Å². The number of fused-ring (bicyclic) bond motifs is 1. The van der Waals surface area contributed by atoms with Gasteiger partial charge in [0.05, 0.1) is 6.04 Å². The number of halogens is 1. The molecule has 0 saturated heterocycles. The Kier molecular flexibility index (Phi) is 5.13. The fourth-order valence-corrected chi connectivity index (χ4v) is 3.83. The Morgan fingerprint density at radius 1 is 1.44 bits per heavy atom. The molecule has 1 N–H and O–H groups in total. The molecule has 0 fully saturated rings. The zero-order valence-corrected chi connectivity index (χ0v) is 15.5. The third-order valence-electron chi connectivity index (χ3n) is 4.07. The van der Waals surface area contributed by atoms with Gasteiger partial charge in [-0.25, -0.2) is 4.39 Å². The van der Waals surface area contributed by atoms with Crippen LogP contribution in [0.3, 0.4) is 0 Å². The molecule has 2 heterocycles. The van der Waals surface area contributed by atoms with Crippen LogP contribution in [0.2, 0.25) is 0 Å². The number of hydrogen-bond acceptors (Lipinski definition) is 5. The van der Waals surface area contributed by atoms with E-state index in [-0.39, 0.29) is 29.6 Å². The van der Waals surface area contributed by atoms with Crippen molar-refractivity contribution in [2.75, 3.05) is 5.75 Å². The summed E-state index contributed by atoms with van der Waals surface area (Å²) in [7, 11) is 0. The quantitative estimate of drug-likeness (QED) is 0.895. The largest absolute Gasteiger partial charge is 0.349 e. The Labute approximate surface area is 150 Å². The lowest BCUT2D eigenvalue weighted by Gasteiger charge is -2.26. The van der Waals surface area contributed by atoms with E-state index in [0.29, 0.717) is 23.0 Å². The Hall–Kier alpha value is -1.89. The topological polar surface area (TPSA) is 68.0 Å². The molecule has 1 amide bonds. The number of benzene rings is 1. The predicted molar refractivity (Wildman–Crippen MR) is 93.9 cm³/mol. The van der Waals surface area contributed by atoms with Gasteiger partial charge >= 0.3 is 0 Å². The molecule has 7 heteroatoms. The van der Waals surface area contributed by atoms with Crippen LogP contribution in [-0.2, 0) is 16.6 Å². The minimum atomic E-state index is -0.220. The van der Waals surface area contributed by atoms with Gasteiger partial charge in [-0.1, -0.05) is 38.1 Å². The van der Waals surface area contributed by atoms with Crippen molar-refractivity contribution in [1.29, 1.82) is 0 Å². The number of amides is 1. The molecule has 0 radical (unpaired) electrons. The van der Waals surface area contributed by atoms with Gasteiger partial charge in [-0.05, 0) is 18.1 Å². The monoisotopic (exact) mass is 363 g/mol. The number of nitrogens with one attached hydrogen (secondary N) is 1. The zero-order chi connectivity index (χ0) is 18.0. The molecule has 0 saturated carbocycles. The van der Waals surface area contributed by atoms with Gasteiger partial charge in [-0.15, -0.1) is 11.8 Å². The number of aromatic nitrogens is 2. The first-order valence-corrected chi connectivity index (χ1v) is 9.37. The summed E-state index contributed by atoms with van der Waals surface area (Å²) in [6, 6.07) is 4.88. The van der Waals surface area contributed by atoms with Crippen molar-refractivity contribution >= 4 is 17.7 Å². The van der Waals surface area contributed by atoms with Crippen LogP contribution in [0.4, 0.5) is 4.39 Å². The number of hydrogen-bond donors (Lipinski definition) is 1. The minimum absolute atomic E-state index is 0.0948. The van der Waals surface area contributed by atoms with Crippen LogP contribution in [0.15, 0.2) is 27.6 Å².